The van der Waals surface area contributed by atoms with Crippen molar-refractivity contribution in [2.45, 2.75) is 45.3 Å². The van der Waals surface area contributed by atoms with Crippen LogP contribution in [0.2, 0.25) is 0 Å². The molecule has 2 atom stereocenters. The average Bonchev–Trinajstić information content (AvgIpc) is 2.62. The Balaban J connectivity index is 1.56. The topological polar surface area (TPSA) is 84.5 Å². The van der Waals surface area contributed by atoms with Gasteiger partial charge in [0.1, 0.15) is 12.6 Å². The van der Waals surface area contributed by atoms with Gasteiger partial charge in [0.2, 0.25) is 0 Å². The number of piperidine rings is 1. The van der Waals surface area contributed by atoms with Crippen molar-refractivity contribution in [1.29, 1.82) is 0 Å². The number of unbranched alkanes of at least 4 members (excludes halogenated alkanes) is 1. The highest BCUT2D eigenvalue weighted by Crippen LogP contribution is 2.13. The van der Waals surface area contributed by atoms with E-state index in [1.807, 2.05) is 37.3 Å². The molecule has 1 amide bonds. The molecule has 2 N–H and O–H groups in total. The zero-order chi connectivity index (χ0) is 18.1. The molecule has 1 aromatic carbocycles. The summed E-state index contributed by atoms with van der Waals surface area (Å²) in [4.78, 5) is 35.7. The number of carbonyl (C=O) groups excluding carboxylic acids is 3. The fourth-order valence-corrected chi connectivity index (χ4v) is 2.78. The Morgan fingerprint density at radius 2 is 2.00 bits per heavy atom. The van der Waals surface area contributed by atoms with Gasteiger partial charge >= 0.3 is 6.09 Å². The van der Waals surface area contributed by atoms with E-state index in [1.54, 1.807) is 0 Å². The Labute approximate surface area is 148 Å². The van der Waals surface area contributed by atoms with E-state index in [0.717, 1.165) is 12.0 Å². The van der Waals surface area contributed by atoms with Gasteiger partial charge in [0.05, 0.1) is 0 Å². The number of benzene rings is 1. The maximum Gasteiger partial charge on any atom is 0.407 e. The number of hydrogen-bond acceptors (Lipinski definition) is 5. The van der Waals surface area contributed by atoms with Crippen molar-refractivity contribution in [3.63, 3.8) is 0 Å². The number of hydrogen-bond donors (Lipinski definition) is 2. The number of nitrogens with one attached hydrogen (secondary N) is 2. The van der Waals surface area contributed by atoms with E-state index in [-0.39, 0.29) is 24.1 Å². The zero-order valence-corrected chi connectivity index (χ0v) is 14.6. The fourth-order valence-electron chi connectivity index (χ4n) is 2.78. The first-order valence-electron chi connectivity index (χ1n) is 8.82. The number of ketones is 2. The van der Waals surface area contributed by atoms with Crippen LogP contribution in [0.5, 0.6) is 0 Å². The Morgan fingerprint density at radius 1 is 1.24 bits per heavy atom. The third kappa shape index (κ3) is 6.31. The molecule has 0 aromatic heterocycles. The number of alkyl carbamates (subject to hydrolysis) is 1. The van der Waals surface area contributed by atoms with Crippen LogP contribution >= 0.6 is 0 Å². The summed E-state index contributed by atoms with van der Waals surface area (Å²) in [6.07, 6.45) is 1.97. The second-order valence-corrected chi connectivity index (χ2v) is 6.39. The van der Waals surface area contributed by atoms with Crippen molar-refractivity contribution in [1.82, 2.24) is 10.6 Å². The molecule has 1 heterocycles. The van der Waals surface area contributed by atoms with E-state index in [4.69, 9.17) is 4.74 Å². The summed E-state index contributed by atoms with van der Waals surface area (Å²) in [6, 6.07) is 8.82. The van der Waals surface area contributed by atoms with Crippen LogP contribution in [0.1, 0.15) is 38.2 Å². The molecule has 6 heteroatoms. The van der Waals surface area contributed by atoms with Crippen LogP contribution < -0.4 is 10.6 Å². The smallest absolute Gasteiger partial charge is 0.407 e. The fraction of sp³-hybridized carbons (Fsp3) is 0.526. The molecule has 1 aliphatic heterocycles. The number of amides is 1. The molecule has 1 aromatic rings. The molecule has 6 nitrogen and oxygen atoms in total. The van der Waals surface area contributed by atoms with Crippen molar-refractivity contribution in [3.8, 4) is 0 Å². The molecule has 1 aliphatic rings. The molecular formula is C19H26N2O4. The monoisotopic (exact) mass is 346 g/mol. The van der Waals surface area contributed by atoms with Gasteiger partial charge in [-0.25, -0.2) is 4.79 Å². The molecule has 0 radical (unpaired) electrons. The van der Waals surface area contributed by atoms with Gasteiger partial charge in [-0.2, -0.15) is 0 Å². The number of carbonyl (C=O) groups is 3. The van der Waals surface area contributed by atoms with Gasteiger partial charge in [-0.3, -0.25) is 9.59 Å². The van der Waals surface area contributed by atoms with E-state index in [2.05, 4.69) is 10.6 Å². The minimum absolute atomic E-state index is 0.00105. The third-order valence-corrected chi connectivity index (χ3v) is 4.35. The normalized spacial score (nSPS) is 20.1. The highest BCUT2D eigenvalue weighted by molar-refractivity contribution is 6.07. The van der Waals surface area contributed by atoms with E-state index in [1.165, 1.54) is 0 Å². The standard InChI is InChI=1S/C19H26N2O4/c1-14-10-12-20-17(18(14)23)16(22)9-5-6-11-21-19(24)25-13-15-7-3-2-4-8-15/h2-4,7-8,14,17,20H,5-6,9-13H2,1H3,(H,21,24)/t14?,17-/m0/s1. The molecule has 0 bridgehead atoms. The van der Waals surface area contributed by atoms with Gasteiger partial charge in [0.15, 0.2) is 11.6 Å². The number of Topliss-reactive ketones (excluding diaryl/α,β-unsaturated/α-hetero) is 2. The second-order valence-electron chi connectivity index (χ2n) is 6.39. The Kier molecular flexibility index (Phi) is 7.60. The minimum atomic E-state index is -0.646. The van der Waals surface area contributed by atoms with Crippen LogP contribution in [0.25, 0.3) is 0 Å². The summed E-state index contributed by atoms with van der Waals surface area (Å²) in [6.45, 7) is 3.26. The quantitative estimate of drug-likeness (QED) is 0.557. The number of rotatable bonds is 8. The number of ether oxygens (including phenoxy) is 1. The third-order valence-electron chi connectivity index (χ3n) is 4.35. The van der Waals surface area contributed by atoms with Crippen LogP contribution in [0, 0.1) is 5.92 Å². The van der Waals surface area contributed by atoms with E-state index in [0.29, 0.717) is 32.4 Å². The summed E-state index contributed by atoms with van der Waals surface area (Å²) < 4.78 is 5.11. The largest absolute Gasteiger partial charge is 0.445 e. The van der Waals surface area contributed by atoms with E-state index < -0.39 is 12.1 Å². The highest BCUT2D eigenvalue weighted by Gasteiger charge is 2.32. The Morgan fingerprint density at radius 3 is 2.76 bits per heavy atom. The summed E-state index contributed by atoms with van der Waals surface area (Å²) in [5, 5.41) is 5.67. The molecule has 25 heavy (non-hydrogen) atoms. The summed E-state index contributed by atoms with van der Waals surface area (Å²) in [5.41, 5.74) is 0.933. The summed E-state index contributed by atoms with van der Waals surface area (Å²) >= 11 is 0. The highest BCUT2D eigenvalue weighted by atomic mass is 16.5. The lowest BCUT2D eigenvalue weighted by molar-refractivity contribution is -0.133. The van der Waals surface area contributed by atoms with Crippen molar-refractivity contribution in [2.24, 2.45) is 5.92 Å². The lowest BCUT2D eigenvalue weighted by atomic mass is 9.89. The summed E-state index contributed by atoms with van der Waals surface area (Å²) in [5.74, 6) is -0.0988. The molecule has 1 unspecified atom stereocenters. The van der Waals surface area contributed by atoms with Crippen molar-refractivity contribution >= 4 is 17.7 Å². The van der Waals surface area contributed by atoms with Crippen molar-refractivity contribution in [2.75, 3.05) is 13.1 Å². The van der Waals surface area contributed by atoms with Crippen LogP contribution in [0.3, 0.4) is 0 Å². The molecule has 1 fully saturated rings. The maximum atomic E-state index is 12.1. The molecule has 0 spiro atoms. The predicted octanol–water partition coefficient (Wildman–Crippen LogP) is 2.22. The maximum absolute atomic E-state index is 12.1. The summed E-state index contributed by atoms with van der Waals surface area (Å²) in [7, 11) is 0. The first kappa shape index (κ1) is 19.1. The molecule has 1 saturated heterocycles. The average molecular weight is 346 g/mol. The molecule has 0 saturated carbocycles. The van der Waals surface area contributed by atoms with Gasteiger partial charge in [-0.15, -0.1) is 0 Å². The van der Waals surface area contributed by atoms with E-state index >= 15 is 0 Å². The molecule has 136 valence electrons. The lowest BCUT2D eigenvalue weighted by Crippen LogP contribution is -2.50. The minimum Gasteiger partial charge on any atom is -0.445 e. The molecule has 0 aliphatic carbocycles. The van der Waals surface area contributed by atoms with Gasteiger partial charge < -0.3 is 15.4 Å². The molecular weight excluding hydrogens is 320 g/mol. The SMILES string of the molecule is CC1CCN[C@@H](C(=O)CCCCNC(=O)OCc2ccccc2)C1=O. The van der Waals surface area contributed by atoms with Gasteiger partial charge in [-0.05, 0) is 31.4 Å². The van der Waals surface area contributed by atoms with Gasteiger partial charge in [-0.1, -0.05) is 37.3 Å². The van der Waals surface area contributed by atoms with Crippen LogP contribution in [0.4, 0.5) is 4.79 Å². The predicted molar refractivity (Wildman–Crippen MR) is 94.1 cm³/mol. The van der Waals surface area contributed by atoms with Gasteiger partial charge in [0, 0.05) is 18.9 Å². The van der Waals surface area contributed by atoms with Crippen molar-refractivity contribution < 1.29 is 19.1 Å². The zero-order valence-electron chi connectivity index (χ0n) is 14.6. The second kappa shape index (κ2) is 9.93. The van der Waals surface area contributed by atoms with Crippen molar-refractivity contribution in [3.05, 3.63) is 35.9 Å². The first-order chi connectivity index (χ1) is 12.1. The van der Waals surface area contributed by atoms with Gasteiger partial charge in [0.25, 0.3) is 0 Å². The Bertz CT molecular complexity index is 588. The van der Waals surface area contributed by atoms with Crippen LogP contribution in [0.15, 0.2) is 30.3 Å². The van der Waals surface area contributed by atoms with E-state index in [9.17, 15) is 14.4 Å². The van der Waals surface area contributed by atoms with Crippen LogP contribution in [-0.2, 0) is 20.9 Å². The lowest BCUT2D eigenvalue weighted by Gasteiger charge is -2.25. The molecule has 2 rings (SSSR count). The van der Waals surface area contributed by atoms with Crippen LogP contribution in [-0.4, -0.2) is 36.8 Å². The first-order valence-corrected chi connectivity index (χ1v) is 8.82. The Hall–Kier alpha value is -2.21.